The lowest BCUT2D eigenvalue weighted by Crippen LogP contribution is -2.11. The van der Waals surface area contributed by atoms with Gasteiger partial charge in [-0.05, 0) is 82.6 Å². The maximum atomic E-state index is 6.52. The van der Waals surface area contributed by atoms with Gasteiger partial charge in [-0.1, -0.05) is 91.0 Å². The maximum Gasteiger partial charge on any atom is 0.137 e. The summed E-state index contributed by atoms with van der Waals surface area (Å²) in [6.07, 6.45) is 0. The molecule has 9 aromatic rings. The molecule has 0 fully saturated rings. The van der Waals surface area contributed by atoms with Gasteiger partial charge in [0.05, 0.1) is 15.9 Å². The number of benzene rings is 7. The normalized spacial score (nSPS) is 11.6. The summed E-state index contributed by atoms with van der Waals surface area (Å²) in [5.74, 6) is 0. The molecule has 0 atom stereocenters. The lowest BCUT2D eigenvalue weighted by molar-refractivity contribution is 0.669. The second kappa shape index (κ2) is 10.5. The first kappa shape index (κ1) is 25.8. The second-order valence-corrected chi connectivity index (χ2v) is 12.3. The Labute approximate surface area is 264 Å². The van der Waals surface area contributed by atoms with Crippen LogP contribution in [0.2, 0.25) is 0 Å². The van der Waals surface area contributed by atoms with Crippen molar-refractivity contribution in [2.45, 2.75) is 0 Å². The van der Waals surface area contributed by atoms with E-state index in [4.69, 9.17) is 9.40 Å². The third-order valence-corrected chi connectivity index (χ3v) is 9.55. The molecule has 45 heavy (non-hydrogen) atoms. The van der Waals surface area contributed by atoms with Gasteiger partial charge in [-0.15, -0.1) is 11.3 Å². The van der Waals surface area contributed by atoms with Crippen molar-refractivity contribution in [3.63, 3.8) is 0 Å². The number of nitrogens with zero attached hydrogens (tertiary/aromatic N) is 2. The largest absolute Gasteiger partial charge is 0.456 e. The van der Waals surface area contributed by atoms with Crippen LogP contribution in [0.3, 0.4) is 0 Å². The van der Waals surface area contributed by atoms with Gasteiger partial charge in [0.2, 0.25) is 0 Å². The third-order valence-electron chi connectivity index (χ3n) is 8.48. The van der Waals surface area contributed by atoms with Crippen molar-refractivity contribution in [3.05, 3.63) is 158 Å². The highest BCUT2D eigenvalue weighted by Crippen LogP contribution is 2.44. The Bertz CT molecular complexity index is 2460. The lowest BCUT2D eigenvalue weighted by atomic mass is 10.0. The van der Waals surface area contributed by atoms with E-state index in [0.717, 1.165) is 55.1 Å². The Balaban J connectivity index is 1.24. The molecule has 0 saturated heterocycles. The van der Waals surface area contributed by atoms with Crippen LogP contribution in [-0.4, -0.2) is 4.98 Å². The van der Waals surface area contributed by atoms with Crippen LogP contribution in [0.5, 0.6) is 0 Å². The van der Waals surface area contributed by atoms with Gasteiger partial charge in [0.1, 0.15) is 16.2 Å². The molecule has 212 valence electrons. The first-order chi connectivity index (χ1) is 22.3. The summed E-state index contributed by atoms with van der Waals surface area (Å²) in [5.41, 5.74) is 9.38. The summed E-state index contributed by atoms with van der Waals surface area (Å²) in [4.78, 5) is 7.36. The molecule has 0 N–H and O–H groups in total. The van der Waals surface area contributed by atoms with Gasteiger partial charge in [0.15, 0.2) is 0 Å². The van der Waals surface area contributed by atoms with Crippen LogP contribution in [0.4, 0.5) is 17.1 Å². The van der Waals surface area contributed by atoms with E-state index in [-0.39, 0.29) is 0 Å². The summed E-state index contributed by atoms with van der Waals surface area (Å²) < 4.78 is 7.70. The predicted octanol–water partition coefficient (Wildman–Crippen LogP) is 12.2. The summed E-state index contributed by atoms with van der Waals surface area (Å²) >= 11 is 1.72. The van der Waals surface area contributed by atoms with E-state index in [1.54, 1.807) is 11.3 Å². The van der Waals surface area contributed by atoms with Crippen molar-refractivity contribution in [3.8, 4) is 21.7 Å². The van der Waals surface area contributed by atoms with Gasteiger partial charge < -0.3 is 9.32 Å². The van der Waals surface area contributed by atoms with Crippen LogP contribution < -0.4 is 4.90 Å². The van der Waals surface area contributed by atoms with Crippen molar-refractivity contribution in [2.75, 3.05) is 4.90 Å². The minimum atomic E-state index is 0.862. The molecule has 7 aromatic carbocycles. The Kier molecular flexibility index (Phi) is 6.00. The number of furan rings is 1. The van der Waals surface area contributed by atoms with E-state index in [0.29, 0.717) is 0 Å². The smallest absolute Gasteiger partial charge is 0.137 e. The molecule has 2 aromatic heterocycles. The fraction of sp³-hybridized carbons (Fsp3) is 0. The van der Waals surface area contributed by atoms with E-state index in [9.17, 15) is 0 Å². The number of thiazole rings is 1. The molecule has 0 bridgehead atoms. The van der Waals surface area contributed by atoms with Crippen molar-refractivity contribution >= 4 is 71.3 Å². The number of fused-ring (bicyclic) bond motifs is 5. The molecule has 0 amide bonds. The maximum absolute atomic E-state index is 6.52. The molecule has 0 aliphatic carbocycles. The van der Waals surface area contributed by atoms with Gasteiger partial charge >= 0.3 is 0 Å². The van der Waals surface area contributed by atoms with E-state index in [1.165, 1.54) is 26.6 Å². The Morgan fingerprint density at radius 1 is 0.511 bits per heavy atom. The molecule has 0 spiro atoms. The molecule has 3 nitrogen and oxygen atoms in total. The van der Waals surface area contributed by atoms with Crippen molar-refractivity contribution in [1.82, 2.24) is 4.98 Å². The summed E-state index contributed by atoms with van der Waals surface area (Å²) in [7, 11) is 0. The van der Waals surface area contributed by atoms with Gasteiger partial charge in [-0.25, -0.2) is 4.98 Å². The number of anilines is 3. The first-order valence-corrected chi connectivity index (χ1v) is 15.9. The number of hydrogen-bond acceptors (Lipinski definition) is 4. The molecule has 0 unspecified atom stereocenters. The van der Waals surface area contributed by atoms with E-state index < -0.39 is 0 Å². The van der Waals surface area contributed by atoms with Crippen LogP contribution in [0.15, 0.2) is 162 Å². The minimum Gasteiger partial charge on any atom is -0.456 e. The summed E-state index contributed by atoms with van der Waals surface area (Å²) in [6, 6.07) is 55.6. The zero-order valence-corrected chi connectivity index (χ0v) is 25.0. The number of para-hydroxylation sites is 2. The monoisotopic (exact) mass is 594 g/mol. The van der Waals surface area contributed by atoms with Gasteiger partial charge in [0, 0.05) is 33.8 Å². The predicted molar refractivity (Wildman–Crippen MR) is 190 cm³/mol. The van der Waals surface area contributed by atoms with Crippen LogP contribution in [0.25, 0.3) is 64.6 Å². The molecule has 9 rings (SSSR count). The van der Waals surface area contributed by atoms with Gasteiger partial charge in [-0.3, -0.25) is 0 Å². The average molecular weight is 595 g/mol. The van der Waals surface area contributed by atoms with Crippen LogP contribution in [-0.2, 0) is 0 Å². The molecule has 0 saturated carbocycles. The molecule has 4 heteroatoms. The van der Waals surface area contributed by atoms with Gasteiger partial charge in [-0.2, -0.15) is 0 Å². The van der Waals surface area contributed by atoms with Crippen molar-refractivity contribution in [1.29, 1.82) is 0 Å². The molecule has 2 heterocycles. The zero-order chi connectivity index (χ0) is 29.7. The standard InChI is InChI=1S/C41H26N2OS/c1-2-10-27(11-3-1)28-18-20-31(21-19-28)43(37-16-8-6-14-34(37)41-42-36-15-7-9-17-40(36)45-41)32-22-23-33-35-24-29-12-4-5-13-30(29)25-38(35)44-39(33)26-32/h1-26H. The molecule has 0 radical (unpaired) electrons. The summed E-state index contributed by atoms with van der Waals surface area (Å²) in [5, 5.41) is 5.62. The quantitative estimate of drug-likeness (QED) is 0.198. The Morgan fingerprint density at radius 2 is 1.18 bits per heavy atom. The average Bonchev–Trinajstić information content (AvgIpc) is 3.69. The van der Waals surface area contributed by atoms with Crippen LogP contribution in [0.1, 0.15) is 0 Å². The van der Waals surface area contributed by atoms with Crippen molar-refractivity contribution < 1.29 is 4.42 Å². The fourth-order valence-electron chi connectivity index (χ4n) is 6.29. The molecule has 0 aliphatic rings. The van der Waals surface area contributed by atoms with Gasteiger partial charge in [0.25, 0.3) is 0 Å². The first-order valence-electron chi connectivity index (χ1n) is 15.0. The van der Waals surface area contributed by atoms with E-state index in [1.807, 2.05) is 6.07 Å². The number of aromatic nitrogens is 1. The lowest BCUT2D eigenvalue weighted by Gasteiger charge is -2.27. The second-order valence-electron chi connectivity index (χ2n) is 11.2. The molecular weight excluding hydrogens is 569 g/mol. The molecule has 0 aliphatic heterocycles. The SMILES string of the molecule is c1ccc(-c2ccc(N(c3ccc4c(c3)oc3cc5ccccc5cc34)c3ccccc3-c3nc4ccccc4s3)cc2)cc1. The van der Waals surface area contributed by atoms with Crippen LogP contribution >= 0.6 is 11.3 Å². The Hall–Kier alpha value is -5.71. The highest BCUT2D eigenvalue weighted by Gasteiger charge is 2.20. The topological polar surface area (TPSA) is 29.3 Å². The number of rotatable bonds is 5. The zero-order valence-electron chi connectivity index (χ0n) is 24.2. The van der Waals surface area contributed by atoms with E-state index >= 15 is 0 Å². The highest BCUT2D eigenvalue weighted by molar-refractivity contribution is 7.21. The van der Waals surface area contributed by atoms with Crippen LogP contribution in [0, 0.1) is 0 Å². The minimum absolute atomic E-state index is 0.862. The fourth-order valence-corrected chi connectivity index (χ4v) is 7.29. The highest BCUT2D eigenvalue weighted by atomic mass is 32.1. The van der Waals surface area contributed by atoms with E-state index in [2.05, 4.69) is 157 Å². The van der Waals surface area contributed by atoms with Crippen molar-refractivity contribution in [2.24, 2.45) is 0 Å². The molecular formula is C41H26N2OS. The Morgan fingerprint density at radius 3 is 2.02 bits per heavy atom. The summed E-state index contributed by atoms with van der Waals surface area (Å²) in [6.45, 7) is 0. The number of hydrogen-bond donors (Lipinski definition) is 0. The third kappa shape index (κ3) is 4.46.